The van der Waals surface area contributed by atoms with Crippen molar-refractivity contribution in [3.63, 3.8) is 0 Å². The molecule has 24 N–H and O–H groups in total. The second-order valence-electron chi connectivity index (χ2n) is 29.6. The van der Waals surface area contributed by atoms with Crippen molar-refractivity contribution in [1.29, 1.82) is 0 Å². The molecule has 0 aromatic carbocycles. The van der Waals surface area contributed by atoms with Gasteiger partial charge in [-0.05, 0) is 159 Å². The molecule has 0 rings (SSSR count). The Morgan fingerprint density at radius 1 is 0.305 bits per heavy atom. The Labute approximate surface area is 620 Å². The number of rotatable bonds is 53. The van der Waals surface area contributed by atoms with E-state index in [2.05, 4.69) is 69.1 Å². The summed E-state index contributed by atoms with van der Waals surface area (Å²) in [6.45, 7) is 29.2. The highest BCUT2D eigenvalue weighted by Crippen LogP contribution is 2.16. The Balaban J connectivity index is 6.50. The topological polar surface area (TPSA) is 563 Å². The highest BCUT2D eigenvalue weighted by molar-refractivity contribution is 6.00. The van der Waals surface area contributed by atoms with Crippen LogP contribution in [0.4, 0.5) is 0 Å². The molecule has 0 aliphatic rings. The number of amides is 14. The fraction of sp³-hybridized carbons (Fsp3) is 0.789. The Bertz CT molecular complexity index is 2830. The van der Waals surface area contributed by atoms with Gasteiger partial charge in [0, 0.05) is 0 Å². The van der Waals surface area contributed by atoms with E-state index in [0.717, 1.165) is 0 Å². The molecule has 0 aromatic heterocycles. The van der Waals surface area contributed by atoms with Crippen LogP contribution in [-0.4, -0.2) is 198 Å². The molecule has 0 heterocycles. The van der Waals surface area contributed by atoms with E-state index in [1.165, 1.54) is 20.8 Å². The third-order valence-electron chi connectivity index (χ3n) is 17.9. The maximum absolute atomic E-state index is 14.3. The van der Waals surface area contributed by atoms with Gasteiger partial charge in [0.1, 0.15) is 78.5 Å². The van der Waals surface area contributed by atoms with E-state index in [1.807, 2.05) is 6.92 Å². The fourth-order valence-corrected chi connectivity index (χ4v) is 10.9. The Morgan fingerprint density at radius 3 is 0.943 bits per heavy atom. The molecule has 0 aromatic rings. The largest absolute Gasteiger partial charge is 0.480 e. The molecule has 0 aliphatic heterocycles. The number of carboxylic acid groups (broad SMARTS) is 1. The van der Waals surface area contributed by atoms with E-state index in [9.17, 15) is 77.0 Å². The summed E-state index contributed by atoms with van der Waals surface area (Å²) in [5, 5.41) is 44.0. The van der Waals surface area contributed by atoms with Gasteiger partial charge >= 0.3 is 5.97 Å². The molecular weight excluding hydrogens is 1360 g/mol. The number of carbonyl (C=O) groups excluding carboxylic acids is 14. The molecule has 0 radical (unpaired) electrons. The van der Waals surface area contributed by atoms with E-state index >= 15 is 0 Å². The lowest BCUT2D eigenvalue weighted by molar-refractivity contribution is -0.143. The molecule has 602 valence electrons. The highest BCUT2D eigenvalue weighted by Gasteiger charge is 2.39. The van der Waals surface area contributed by atoms with E-state index in [-0.39, 0.29) is 81.8 Å². The van der Waals surface area contributed by atoms with Crippen LogP contribution in [0.1, 0.15) is 214 Å². The molecule has 0 saturated heterocycles. The van der Waals surface area contributed by atoms with Gasteiger partial charge in [-0.2, -0.15) is 0 Å². The van der Waals surface area contributed by atoms with Crippen LogP contribution in [0.3, 0.4) is 0 Å². The fourth-order valence-electron chi connectivity index (χ4n) is 10.9. The van der Waals surface area contributed by atoms with Crippen molar-refractivity contribution in [2.45, 2.75) is 299 Å². The summed E-state index contributed by atoms with van der Waals surface area (Å²) < 4.78 is 0. The van der Waals surface area contributed by atoms with Crippen molar-refractivity contribution in [2.75, 3.05) is 19.6 Å². The first-order chi connectivity index (χ1) is 49.0. The number of carboxylic acids is 1. The van der Waals surface area contributed by atoms with Gasteiger partial charge in [0.15, 0.2) is 0 Å². The third kappa shape index (κ3) is 37.1. The van der Waals surface area contributed by atoms with Crippen molar-refractivity contribution in [2.24, 2.45) is 70.1 Å². The first-order valence-electron chi connectivity index (χ1n) is 37.3. The van der Waals surface area contributed by atoms with Crippen molar-refractivity contribution in [3.05, 3.63) is 0 Å². The van der Waals surface area contributed by atoms with Crippen LogP contribution in [0.5, 0.6) is 0 Å². The average Bonchev–Trinajstić information content (AvgIpc) is 0.864. The summed E-state index contributed by atoms with van der Waals surface area (Å²) >= 11 is 0. The summed E-state index contributed by atoms with van der Waals surface area (Å²) in [6.07, 6.45) is 3.22. The van der Waals surface area contributed by atoms with Gasteiger partial charge in [-0.3, -0.25) is 67.1 Å². The monoisotopic (exact) mass is 1490 g/mol. The van der Waals surface area contributed by atoms with E-state index in [1.54, 1.807) is 90.0 Å². The second-order valence-corrected chi connectivity index (χ2v) is 29.6. The number of hydrogen-bond donors (Lipinski definition) is 19. The van der Waals surface area contributed by atoms with Gasteiger partial charge < -0.3 is 103 Å². The zero-order chi connectivity index (χ0) is 80.7. The third-order valence-corrected chi connectivity index (χ3v) is 17.9. The normalized spacial score (nSPS) is 16.1. The van der Waals surface area contributed by atoms with Crippen LogP contribution in [0, 0.1) is 41.4 Å². The van der Waals surface area contributed by atoms with Crippen LogP contribution in [-0.2, 0) is 71.9 Å². The molecule has 0 spiro atoms. The summed E-state index contributed by atoms with van der Waals surface area (Å²) in [5.74, 6) is -14.8. The molecule has 0 bridgehead atoms. The SMILES string of the molecule is CC[C@H](C)[C@H](N)C(=O)N[C@@H](CC(N)=O)C(=O)N[C@@H](CC(C)C)C(=O)N[C@@H](CCCCN)C(=O)N[C@@H](C)C(=O)N[C@H](C(=O)N[C@@H](C)C(=O)N[C@@H](C)C(=O)N[C@@H](CC(C)C)C(=O)N[C@H](C(=O)N[C@@H](CCCCN)C(=O)N[C@@H](CCCCN)C(=O)N[C@H](C(=O)N[C@@H](CC(C)C)C(=O)O)C(C)C)C(C)C)[C@@H](C)CC. The van der Waals surface area contributed by atoms with Crippen LogP contribution < -0.4 is 97.8 Å². The van der Waals surface area contributed by atoms with E-state index in [0.29, 0.717) is 51.4 Å². The molecule has 16 atom stereocenters. The maximum atomic E-state index is 14.3. The van der Waals surface area contributed by atoms with Gasteiger partial charge in [0.2, 0.25) is 82.7 Å². The Morgan fingerprint density at radius 2 is 0.571 bits per heavy atom. The zero-order valence-electron chi connectivity index (χ0n) is 65.3. The number of unbranched alkanes of at least 4 members (excludes halogenated alkanes) is 3. The molecule has 34 heteroatoms. The first-order valence-corrected chi connectivity index (χ1v) is 37.3. The lowest BCUT2D eigenvalue weighted by Gasteiger charge is -2.30. The van der Waals surface area contributed by atoms with Crippen molar-refractivity contribution >= 4 is 88.7 Å². The van der Waals surface area contributed by atoms with Crippen LogP contribution in [0.15, 0.2) is 0 Å². The quantitative estimate of drug-likeness (QED) is 0.0310. The van der Waals surface area contributed by atoms with Gasteiger partial charge in [0.05, 0.1) is 12.5 Å². The van der Waals surface area contributed by atoms with Crippen LogP contribution >= 0.6 is 0 Å². The molecule has 0 aliphatic carbocycles. The molecule has 0 fully saturated rings. The summed E-state index contributed by atoms with van der Waals surface area (Å²) in [7, 11) is 0. The minimum absolute atomic E-state index is 0.0460. The van der Waals surface area contributed by atoms with Crippen molar-refractivity contribution in [1.82, 2.24) is 69.1 Å². The lowest BCUT2D eigenvalue weighted by atomic mass is 9.97. The van der Waals surface area contributed by atoms with Gasteiger partial charge in [-0.25, -0.2) is 4.79 Å². The standard InChI is InChI=1S/C71H132N18O16/c1-18-41(13)54(76)67(100)85-51(35-53(75)90)65(98)84-49(32-36(3)4)64(97)81-46(26-20-23-29-72)61(94)78-45(17)60(93)89-57(42(14)19-2)70(103)79-43(15)58(91)77-44(16)59(92)83-50(33-37(5)6)66(99)88-55(39(9)10)68(101)82-47(27-21-24-30-73)62(95)80-48(28-22-25-31-74)63(96)87-56(40(11)12)69(102)86-52(71(104)105)34-38(7)8/h36-52,54-57H,18-35,72-74,76H2,1-17H3,(H2,75,90)(H,77,91)(H,78,94)(H,79,103)(H,80,95)(H,81,97)(H,82,101)(H,83,92)(H,84,98)(H,85,100)(H,86,102)(H,87,96)(H,88,99)(H,89,93)(H,104,105)/t41-,42-,43-,44-,45-,46-,47-,48-,49-,50-,51-,52-,54-,55-,56-,57-/m0/s1. The number of nitrogens with two attached hydrogens (primary N) is 5. The minimum Gasteiger partial charge on any atom is -0.480 e. The smallest absolute Gasteiger partial charge is 0.326 e. The first kappa shape index (κ1) is 96.9. The van der Waals surface area contributed by atoms with E-state index < -0.39 is 197 Å². The predicted molar refractivity (Wildman–Crippen MR) is 397 cm³/mol. The summed E-state index contributed by atoms with van der Waals surface area (Å²) in [5.41, 5.74) is 28.8. The summed E-state index contributed by atoms with van der Waals surface area (Å²) in [6, 6.07) is -17.8. The number of primary amides is 1. The molecular formula is C71H132N18O16. The van der Waals surface area contributed by atoms with E-state index in [4.69, 9.17) is 28.7 Å². The van der Waals surface area contributed by atoms with Crippen molar-refractivity contribution in [3.8, 4) is 0 Å². The van der Waals surface area contributed by atoms with Gasteiger partial charge in [-0.15, -0.1) is 0 Å². The maximum Gasteiger partial charge on any atom is 0.326 e. The van der Waals surface area contributed by atoms with Crippen molar-refractivity contribution < 1.29 is 77.0 Å². The molecule has 14 amide bonds. The number of hydrogen-bond acceptors (Lipinski definition) is 19. The predicted octanol–water partition coefficient (Wildman–Crippen LogP) is -1.43. The van der Waals surface area contributed by atoms with Crippen LogP contribution in [0.2, 0.25) is 0 Å². The second kappa shape index (κ2) is 50.4. The van der Waals surface area contributed by atoms with Gasteiger partial charge in [-0.1, -0.05) is 110 Å². The molecule has 0 unspecified atom stereocenters. The Hall–Kier alpha value is -8.11. The number of aliphatic carboxylic acids is 1. The molecule has 34 nitrogen and oxygen atoms in total. The lowest BCUT2D eigenvalue weighted by Crippen LogP contribution is -2.61. The number of carbonyl (C=O) groups is 15. The Kier molecular flexibility index (Phi) is 46.5. The molecule has 0 saturated carbocycles. The summed E-state index contributed by atoms with van der Waals surface area (Å²) in [4.78, 5) is 205. The average molecular weight is 1490 g/mol. The zero-order valence-corrected chi connectivity index (χ0v) is 65.3. The van der Waals surface area contributed by atoms with Gasteiger partial charge in [0.25, 0.3) is 0 Å². The molecule has 105 heavy (non-hydrogen) atoms. The highest BCUT2D eigenvalue weighted by atomic mass is 16.4. The number of nitrogens with one attached hydrogen (secondary N) is 13. The van der Waals surface area contributed by atoms with Crippen LogP contribution in [0.25, 0.3) is 0 Å². The minimum atomic E-state index is -1.49.